The third-order valence-corrected chi connectivity index (χ3v) is 8.74. The maximum Gasteiger partial charge on any atom is 0.255 e. The van der Waals surface area contributed by atoms with Gasteiger partial charge in [0.25, 0.3) is 5.91 Å². The maximum atomic E-state index is 13.5. The second kappa shape index (κ2) is 14.7. The molecule has 2 aliphatic rings. The smallest absolute Gasteiger partial charge is 0.255 e. The van der Waals surface area contributed by atoms with Crippen molar-refractivity contribution in [2.45, 2.75) is 25.0 Å². The van der Waals surface area contributed by atoms with Crippen LogP contribution in [0.15, 0.2) is 72.8 Å². The molecule has 1 saturated heterocycles. The summed E-state index contributed by atoms with van der Waals surface area (Å²) in [6.45, 7) is 2.79. The maximum absolute atomic E-state index is 13.5. The highest BCUT2D eigenvalue weighted by Crippen LogP contribution is 2.44. The van der Waals surface area contributed by atoms with Gasteiger partial charge in [-0.1, -0.05) is 23.2 Å². The molecule has 0 saturated carbocycles. The van der Waals surface area contributed by atoms with Crippen molar-refractivity contribution in [2.75, 3.05) is 51.1 Å². The van der Waals surface area contributed by atoms with Crippen molar-refractivity contribution in [3.8, 4) is 23.0 Å². The second-order valence-electron chi connectivity index (χ2n) is 11.3. The minimum Gasteiger partial charge on any atom is -0.496 e. The molecule has 246 valence electrons. The first-order valence-electron chi connectivity index (χ1n) is 15.3. The van der Waals surface area contributed by atoms with E-state index in [1.807, 2.05) is 30.3 Å². The number of hydrogen-bond donors (Lipinski definition) is 3. The van der Waals surface area contributed by atoms with E-state index in [0.29, 0.717) is 63.9 Å². The third kappa shape index (κ3) is 7.85. The van der Waals surface area contributed by atoms with E-state index < -0.39 is 0 Å². The summed E-state index contributed by atoms with van der Waals surface area (Å²) < 4.78 is 36.3. The Bertz CT molecular complexity index is 1740. The summed E-state index contributed by atoms with van der Waals surface area (Å²) in [4.78, 5) is 15.8. The fraction of sp³-hybridized carbons (Fsp3) is 0.286. The minimum atomic E-state index is -0.296. The molecule has 4 aromatic rings. The molecule has 0 aromatic heterocycles. The number of amides is 1. The third-order valence-electron chi connectivity index (χ3n) is 8.19. The number of piperidine rings is 1. The molecular weight excluding hydrogens is 646 g/mol. The van der Waals surface area contributed by atoms with Gasteiger partial charge in [-0.25, -0.2) is 4.39 Å². The van der Waals surface area contributed by atoms with Crippen LogP contribution in [0.4, 0.5) is 27.1 Å². The van der Waals surface area contributed by atoms with Crippen molar-refractivity contribution in [3.63, 3.8) is 0 Å². The molecule has 0 aliphatic carbocycles. The lowest BCUT2D eigenvalue weighted by Crippen LogP contribution is -2.55. The number of carbonyl (C=O) groups is 1. The Labute approximate surface area is 282 Å². The Balaban J connectivity index is 1.05. The quantitative estimate of drug-likeness (QED) is 0.121. The van der Waals surface area contributed by atoms with Crippen molar-refractivity contribution >= 4 is 51.9 Å². The summed E-state index contributed by atoms with van der Waals surface area (Å²) in [5.74, 6) is 1.75. The summed E-state index contributed by atoms with van der Waals surface area (Å²) >= 11 is 12.8. The van der Waals surface area contributed by atoms with Crippen LogP contribution in [-0.2, 0) is 4.74 Å². The number of benzene rings is 4. The molecule has 9 nitrogen and oxygen atoms in total. The van der Waals surface area contributed by atoms with Crippen molar-refractivity contribution in [3.05, 3.63) is 94.2 Å². The lowest BCUT2D eigenvalue weighted by molar-refractivity contribution is 0.00527. The Kier molecular flexibility index (Phi) is 10.2. The van der Waals surface area contributed by atoms with Crippen LogP contribution in [0.25, 0.3) is 0 Å². The number of rotatable bonds is 11. The molecule has 12 heteroatoms. The molecule has 4 aromatic carbocycles. The van der Waals surface area contributed by atoms with Crippen LogP contribution < -0.4 is 30.2 Å². The molecule has 2 heterocycles. The van der Waals surface area contributed by atoms with E-state index in [0.717, 1.165) is 36.6 Å². The molecule has 47 heavy (non-hydrogen) atoms. The number of anilines is 4. The van der Waals surface area contributed by atoms with Crippen molar-refractivity contribution in [1.82, 2.24) is 10.2 Å². The van der Waals surface area contributed by atoms with Crippen LogP contribution in [0.1, 0.15) is 23.2 Å². The minimum absolute atomic E-state index is 0.189. The van der Waals surface area contributed by atoms with Gasteiger partial charge in [-0.15, -0.1) is 0 Å². The zero-order valence-corrected chi connectivity index (χ0v) is 27.5. The van der Waals surface area contributed by atoms with E-state index >= 15 is 0 Å². The fourth-order valence-corrected chi connectivity index (χ4v) is 6.12. The predicted molar refractivity (Wildman–Crippen MR) is 182 cm³/mol. The number of fused-ring (bicyclic) bond motifs is 2. The molecule has 2 aliphatic heterocycles. The Morgan fingerprint density at radius 2 is 1.85 bits per heavy atom. The Hall–Kier alpha value is -4.22. The Morgan fingerprint density at radius 1 is 1.02 bits per heavy atom. The van der Waals surface area contributed by atoms with Gasteiger partial charge in [-0.2, -0.15) is 0 Å². The largest absolute Gasteiger partial charge is 0.496 e. The average molecular weight is 682 g/mol. The van der Waals surface area contributed by atoms with Crippen LogP contribution in [0.5, 0.6) is 23.0 Å². The summed E-state index contributed by atoms with van der Waals surface area (Å²) in [5.41, 5.74) is 3.23. The van der Waals surface area contributed by atoms with Crippen molar-refractivity contribution in [2.24, 2.45) is 0 Å². The lowest BCUT2D eigenvalue weighted by atomic mass is 10.0. The van der Waals surface area contributed by atoms with Crippen LogP contribution in [0.3, 0.4) is 0 Å². The van der Waals surface area contributed by atoms with Gasteiger partial charge in [0, 0.05) is 49.6 Å². The highest BCUT2D eigenvalue weighted by molar-refractivity contribution is 6.34. The van der Waals surface area contributed by atoms with Crippen LogP contribution in [0, 0.1) is 5.82 Å². The van der Waals surface area contributed by atoms with Crippen molar-refractivity contribution in [1.29, 1.82) is 0 Å². The number of ether oxygens (including phenoxy) is 4. The number of halogens is 3. The van der Waals surface area contributed by atoms with Gasteiger partial charge in [-0.05, 0) is 73.5 Å². The standard InChI is InChI=1S/C35H35Cl2FN4O5/c1-44-32-19-29(39-23-7-10-27-33(17-23)47-31-11-4-21(36)16-30(31)40-27)26(37)18-25(32)35(43)41-28-12-14-42(20-34(28)45-2)13-3-15-46-24-8-5-22(38)6-9-24/h4-11,16-19,28,34,39-40H,3,12-15,20H2,1-2H3,(H,41,43). The van der Waals surface area contributed by atoms with Crippen LogP contribution in [0.2, 0.25) is 10.0 Å². The number of nitrogens with one attached hydrogen (secondary N) is 3. The average Bonchev–Trinajstić information content (AvgIpc) is 3.07. The van der Waals surface area contributed by atoms with Gasteiger partial charge in [0.1, 0.15) is 17.3 Å². The highest BCUT2D eigenvalue weighted by atomic mass is 35.5. The van der Waals surface area contributed by atoms with E-state index in [4.69, 9.17) is 42.1 Å². The summed E-state index contributed by atoms with van der Waals surface area (Å²) in [7, 11) is 3.17. The molecule has 0 spiro atoms. The summed E-state index contributed by atoms with van der Waals surface area (Å²) in [6, 6.07) is 20.2. The van der Waals surface area contributed by atoms with E-state index in [1.54, 1.807) is 37.4 Å². The molecule has 2 atom stereocenters. The van der Waals surface area contributed by atoms with E-state index in [1.165, 1.54) is 19.2 Å². The number of likely N-dealkylation sites (tertiary alicyclic amines) is 1. The monoisotopic (exact) mass is 680 g/mol. The van der Waals surface area contributed by atoms with Crippen LogP contribution in [-0.4, -0.2) is 63.4 Å². The first kappa shape index (κ1) is 32.7. The number of nitrogens with zero attached hydrogens (tertiary/aromatic N) is 1. The topological polar surface area (TPSA) is 93.3 Å². The van der Waals surface area contributed by atoms with E-state index in [9.17, 15) is 9.18 Å². The van der Waals surface area contributed by atoms with E-state index in [2.05, 4.69) is 20.9 Å². The number of hydrogen-bond acceptors (Lipinski definition) is 8. The van der Waals surface area contributed by atoms with Crippen molar-refractivity contribution < 1.29 is 28.1 Å². The number of carbonyl (C=O) groups excluding carboxylic acids is 1. The molecule has 0 bridgehead atoms. The summed E-state index contributed by atoms with van der Waals surface area (Å²) in [5, 5.41) is 10.7. The predicted octanol–water partition coefficient (Wildman–Crippen LogP) is 8.02. The molecule has 1 fully saturated rings. The van der Waals surface area contributed by atoms with Gasteiger partial charge >= 0.3 is 0 Å². The molecule has 2 unspecified atom stereocenters. The first-order valence-corrected chi connectivity index (χ1v) is 16.0. The Morgan fingerprint density at radius 3 is 2.64 bits per heavy atom. The molecule has 0 radical (unpaired) electrons. The molecule has 1 amide bonds. The fourth-order valence-electron chi connectivity index (χ4n) is 5.73. The molecular formula is C35H35Cl2FN4O5. The lowest BCUT2D eigenvalue weighted by Gasteiger charge is -2.38. The summed E-state index contributed by atoms with van der Waals surface area (Å²) in [6.07, 6.45) is 1.32. The normalized spacial score (nSPS) is 17.0. The first-order chi connectivity index (χ1) is 22.8. The molecule has 3 N–H and O–H groups in total. The van der Waals surface area contributed by atoms with Gasteiger partial charge < -0.3 is 39.8 Å². The molecule has 6 rings (SSSR count). The van der Waals surface area contributed by atoms with Gasteiger partial charge in [-0.3, -0.25) is 4.79 Å². The highest BCUT2D eigenvalue weighted by Gasteiger charge is 2.31. The zero-order valence-electron chi connectivity index (χ0n) is 25.9. The number of methoxy groups -OCH3 is 2. The van der Waals surface area contributed by atoms with Gasteiger partial charge in [0.05, 0.1) is 53.5 Å². The van der Waals surface area contributed by atoms with Crippen LogP contribution >= 0.6 is 23.2 Å². The zero-order chi connectivity index (χ0) is 32.9. The SMILES string of the molecule is COc1cc(Nc2ccc3c(c2)Oc2ccc(Cl)cc2N3)c(Cl)cc1C(=O)NC1CCN(CCCOc2ccc(F)cc2)CC1OC. The van der Waals surface area contributed by atoms with Gasteiger partial charge in [0.2, 0.25) is 0 Å². The van der Waals surface area contributed by atoms with Gasteiger partial charge in [0.15, 0.2) is 11.5 Å². The second-order valence-corrected chi connectivity index (χ2v) is 12.2. The van der Waals surface area contributed by atoms with E-state index in [-0.39, 0.29) is 23.9 Å².